The number of nitrogens with zero attached hydrogens (tertiary/aromatic N) is 2. The fourth-order valence-electron chi connectivity index (χ4n) is 3.65. The van der Waals surface area contributed by atoms with Gasteiger partial charge in [-0.15, -0.1) is 22.7 Å². The summed E-state index contributed by atoms with van der Waals surface area (Å²) >= 11 is 4.47. The van der Waals surface area contributed by atoms with Crippen LogP contribution >= 0.6 is 34.4 Å². The van der Waals surface area contributed by atoms with Gasteiger partial charge in [0, 0.05) is 28.4 Å². The van der Waals surface area contributed by atoms with Crippen molar-refractivity contribution in [3.63, 3.8) is 0 Å². The van der Waals surface area contributed by atoms with E-state index < -0.39 is 0 Å². The normalized spacial score (nSPS) is 15.2. The third kappa shape index (κ3) is 4.04. The molecule has 3 aromatic heterocycles. The quantitative estimate of drug-likeness (QED) is 0.450. The first-order chi connectivity index (χ1) is 13.7. The number of thioether (sulfide) groups is 1. The van der Waals surface area contributed by atoms with Crippen LogP contribution in [0.15, 0.2) is 32.8 Å². The van der Waals surface area contributed by atoms with Gasteiger partial charge in [-0.3, -0.25) is 14.2 Å². The van der Waals surface area contributed by atoms with Crippen LogP contribution in [0.1, 0.15) is 39.0 Å². The molecule has 4 rings (SSSR count). The van der Waals surface area contributed by atoms with E-state index >= 15 is 0 Å². The van der Waals surface area contributed by atoms with E-state index in [9.17, 15) is 9.59 Å². The number of thiophene rings is 2. The van der Waals surface area contributed by atoms with Crippen molar-refractivity contribution in [1.29, 1.82) is 0 Å². The number of aromatic nitrogens is 2. The predicted molar refractivity (Wildman–Crippen MR) is 119 cm³/mol. The molecule has 0 spiro atoms. The van der Waals surface area contributed by atoms with Gasteiger partial charge in [0.1, 0.15) is 4.83 Å². The second kappa shape index (κ2) is 8.80. The number of amides is 1. The van der Waals surface area contributed by atoms with E-state index in [1.165, 1.54) is 42.4 Å². The van der Waals surface area contributed by atoms with Crippen LogP contribution in [0.2, 0.25) is 0 Å². The summed E-state index contributed by atoms with van der Waals surface area (Å²) in [5, 5.41) is 8.46. The first-order valence-corrected chi connectivity index (χ1v) is 12.4. The fourth-order valence-corrected chi connectivity index (χ4v) is 6.33. The predicted octanol–water partition coefficient (Wildman–Crippen LogP) is 4.75. The maximum atomic E-state index is 13.1. The molecule has 0 radical (unpaired) electrons. The van der Waals surface area contributed by atoms with E-state index in [4.69, 9.17) is 4.98 Å². The third-order valence-electron chi connectivity index (χ3n) is 5.06. The molecule has 3 aromatic rings. The van der Waals surface area contributed by atoms with Crippen molar-refractivity contribution in [3.8, 4) is 10.4 Å². The minimum absolute atomic E-state index is 0.0210. The number of rotatable bonds is 6. The maximum Gasteiger partial charge on any atom is 0.263 e. The fraction of sp³-hybridized carbons (Fsp3) is 0.450. The molecule has 1 aliphatic carbocycles. The van der Waals surface area contributed by atoms with Gasteiger partial charge in [0.25, 0.3) is 5.56 Å². The molecule has 0 unspecified atom stereocenters. The van der Waals surface area contributed by atoms with Crippen LogP contribution in [0.3, 0.4) is 0 Å². The Morgan fingerprint density at radius 3 is 2.86 bits per heavy atom. The Morgan fingerprint density at radius 2 is 2.14 bits per heavy atom. The third-order valence-corrected chi connectivity index (χ3v) is 7.82. The highest BCUT2D eigenvalue weighted by Gasteiger charge is 2.19. The van der Waals surface area contributed by atoms with E-state index in [0.29, 0.717) is 23.1 Å². The van der Waals surface area contributed by atoms with E-state index in [2.05, 4.69) is 5.32 Å². The summed E-state index contributed by atoms with van der Waals surface area (Å²) in [6, 6.07) is 4.32. The Balaban J connectivity index is 1.55. The number of hydrogen-bond donors (Lipinski definition) is 1. The highest BCUT2D eigenvalue weighted by molar-refractivity contribution is 7.99. The van der Waals surface area contributed by atoms with Gasteiger partial charge in [-0.25, -0.2) is 4.98 Å². The number of nitrogens with one attached hydrogen (secondary N) is 1. The van der Waals surface area contributed by atoms with Gasteiger partial charge >= 0.3 is 0 Å². The highest BCUT2D eigenvalue weighted by atomic mass is 32.2. The van der Waals surface area contributed by atoms with Gasteiger partial charge in [0.05, 0.1) is 11.1 Å². The van der Waals surface area contributed by atoms with Crippen molar-refractivity contribution < 1.29 is 4.79 Å². The standard InChI is InChI=1S/C20H23N3O2S3/c1-2-23-19(25)17-14(15-9-6-10-26-15)11-27-18(17)22-20(23)28-12-16(24)21-13-7-4-3-5-8-13/h6,9-11,13H,2-5,7-8,12H2,1H3,(H,21,24). The Bertz CT molecular complexity index is 1020. The monoisotopic (exact) mass is 433 g/mol. The van der Waals surface area contributed by atoms with Gasteiger partial charge in [0.2, 0.25) is 5.91 Å². The van der Waals surface area contributed by atoms with Crippen molar-refractivity contribution >= 4 is 50.6 Å². The summed E-state index contributed by atoms with van der Waals surface area (Å²) < 4.78 is 1.69. The van der Waals surface area contributed by atoms with Crippen molar-refractivity contribution in [1.82, 2.24) is 14.9 Å². The van der Waals surface area contributed by atoms with E-state index in [-0.39, 0.29) is 17.2 Å². The zero-order valence-electron chi connectivity index (χ0n) is 15.8. The lowest BCUT2D eigenvalue weighted by molar-refractivity contribution is -0.119. The molecule has 1 aliphatic rings. The van der Waals surface area contributed by atoms with Crippen molar-refractivity contribution in [2.75, 3.05) is 5.75 Å². The molecule has 1 fully saturated rings. The molecule has 3 heterocycles. The summed E-state index contributed by atoms with van der Waals surface area (Å²) in [5.41, 5.74) is 0.939. The molecule has 8 heteroatoms. The first-order valence-electron chi connectivity index (χ1n) is 9.65. The van der Waals surface area contributed by atoms with E-state index in [0.717, 1.165) is 28.1 Å². The van der Waals surface area contributed by atoms with Gasteiger partial charge in [-0.1, -0.05) is 37.1 Å². The SMILES string of the molecule is CCn1c(SCC(=O)NC2CCCCC2)nc2scc(-c3cccs3)c2c1=O. The molecule has 1 N–H and O–H groups in total. The van der Waals surface area contributed by atoms with Gasteiger partial charge < -0.3 is 5.32 Å². The molecule has 1 amide bonds. The van der Waals surface area contributed by atoms with E-state index in [1.807, 2.05) is 29.8 Å². The van der Waals surface area contributed by atoms with Crippen LogP contribution in [-0.4, -0.2) is 27.3 Å². The number of carbonyl (C=O) groups is 1. The zero-order valence-corrected chi connectivity index (χ0v) is 18.2. The van der Waals surface area contributed by atoms with Gasteiger partial charge in [-0.05, 0) is 31.2 Å². The van der Waals surface area contributed by atoms with Crippen LogP contribution in [0.4, 0.5) is 0 Å². The highest BCUT2D eigenvalue weighted by Crippen LogP contribution is 2.34. The van der Waals surface area contributed by atoms with Crippen LogP contribution in [-0.2, 0) is 11.3 Å². The first kappa shape index (κ1) is 19.7. The zero-order chi connectivity index (χ0) is 19.5. The minimum atomic E-state index is -0.0210. The van der Waals surface area contributed by atoms with Crippen LogP contribution in [0.5, 0.6) is 0 Å². The molecule has 0 aromatic carbocycles. The molecule has 28 heavy (non-hydrogen) atoms. The number of fused-ring (bicyclic) bond motifs is 1. The molecule has 5 nitrogen and oxygen atoms in total. The summed E-state index contributed by atoms with van der Waals surface area (Å²) in [6.07, 6.45) is 5.79. The second-order valence-electron chi connectivity index (χ2n) is 6.94. The molecule has 0 saturated heterocycles. The summed E-state index contributed by atoms with van der Waals surface area (Å²) in [7, 11) is 0. The van der Waals surface area contributed by atoms with E-state index in [1.54, 1.807) is 15.9 Å². The largest absolute Gasteiger partial charge is 0.353 e. The number of hydrogen-bond acceptors (Lipinski definition) is 6. The molecule has 0 aliphatic heterocycles. The topological polar surface area (TPSA) is 64.0 Å². The lowest BCUT2D eigenvalue weighted by Gasteiger charge is -2.22. The van der Waals surface area contributed by atoms with Crippen molar-refractivity contribution in [2.45, 2.75) is 56.8 Å². The summed E-state index contributed by atoms with van der Waals surface area (Å²) in [6.45, 7) is 2.48. The molecular formula is C20H23N3O2S3. The van der Waals surface area contributed by atoms with Crippen LogP contribution in [0, 0.1) is 0 Å². The Morgan fingerprint density at radius 1 is 1.32 bits per heavy atom. The summed E-state index contributed by atoms with van der Waals surface area (Å²) in [5.74, 6) is 0.316. The minimum Gasteiger partial charge on any atom is -0.353 e. The second-order valence-corrected chi connectivity index (χ2v) is 9.69. The molecule has 0 bridgehead atoms. The Kier molecular flexibility index (Phi) is 6.18. The average molecular weight is 434 g/mol. The van der Waals surface area contributed by atoms with Crippen molar-refractivity contribution in [2.24, 2.45) is 0 Å². The number of carbonyl (C=O) groups excluding carboxylic acids is 1. The van der Waals surface area contributed by atoms with Crippen LogP contribution in [0.25, 0.3) is 20.7 Å². The molecule has 1 saturated carbocycles. The summed E-state index contributed by atoms with van der Waals surface area (Å²) in [4.78, 5) is 32.0. The van der Waals surface area contributed by atoms with Gasteiger partial charge in [-0.2, -0.15) is 0 Å². The van der Waals surface area contributed by atoms with Crippen molar-refractivity contribution in [3.05, 3.63) is 33.2 Å². The Hall–Kier alpha value is -1.64. The molecule has 0 atom stereocenters. The van der Waals surface area contributed by atoms with Crippen LogP contribution < -0.4 is 10.9 Å². The smallest absolute Gasteiger partial charge is 0.263 e. The Labute approximate surface area is 176 Å². The van der Waals surface area contributed by atoms with Gasteiger partial charge in [0.15, 0.2) is 5.16 Å². The lowest BCUT2D eigenvalue weighted by atomic mass is 9.95. The molecule has 148 valence electrons. The average Bonchev–Trinajstić information content (AvgIpc) is 3.37. The molecular weight excluding hydrogens is 410 g/mol. The maximum absolute atomic E-state index is 13.1. The lowest BCUT2D eigenvalue weighted by Crippen LogP contribution is -2.37.